The molecule has 0 spiro atoms. The number of carbonyl (C=O) groups excluding carboxylic acids is 2. The summed E-state index contributed by atoms with van der Waals surface area (Å²) >= 11 is 0. The maximum absolute atomic E-state index is 11.8. The Labute approximate surface area is 96.8 Å². The van der Waals surface area contributed by atoms with Crippen molar-refractivity contribution in [3.63, 3.8) is 0 Å². The van der Waals surface area contributed by atoms with Crippen LogP contribution in [-0.4, -0.2) is 40.3 Å². The van der Waals surface area contributed by atoms with E-state index < -0.39 is 23.7 Å². The summed E-state index contributed by atoms with van der Waals surface area (Å²) in [5.41, 5.74) is 0. The van der Waals surface area contributed by atoms with Crippen LogP contribution in [0.25, 0.3) is 0 Å². The van der Waals surface area contributed by atoms with Gasteiger partial charge in [-0.05, 0) is 25.0 Å². The Morgan fingerprint density at radius 2 is 2.18 bits per heavy atom. The number of Topliss-reactive ketones (excluding diaryl/α,β-unsaturated/α-hetero) is 1. The summed E-state index contributed by atoms with van der Waals surface area (Å²) in [5, 5.41) is 8.92. The van der Waals surface area contributed by atoms with Crippen LogP contribution in [-0.2, 0) is 9.59 Å². The van der Waals surface area contributed by atoms with Crippen LogP contribution in [0, 0.1) is 0 Å². The summed E-state index contributed by atoms with van der Waals surface area (Å²) in [4.78, 5) is 35.5. The molecule has 1 atom stereocenters. The van der Waals surface area contributed by atoms with E-state index in [2.05, 4.69) is 0 Å². The highest BCUT2D eigenvalue weighted by Crippen LogP contribution is 2.19. The number of hydrogen-bond donors (Lipinski definition) is 1. The molecule has 1 aromatic rings. The van der Waals surface area contributed by atoms with E-state index in [1.54, 1.807) is 0 Å². The molecule has 0 aromatic carbocycles. The fourth-order valence-corrected chi connectivity index (χ4v) is 1.91. The van der Waals surface area contributed by atoms with E-state index in [4.69, 9.17) is 9.52 Å². The largest absolute Gasteiger partial charge is 0.480 e. The van der Waals surface area contributed by atoms with Crippen LogP contribution < -0.4 is 0 Å². The van der Waals surface area contributed by atoms with Crippen molar-refractivity contribution in [2.45, 2.75) is 18.9 Å². The Bertz CT molecular complexity index is 450. The number of amides is 1. The Hall–Kier alpha value is -2.11. The SMILES string of the molecule is O=C(C(=O)N1CCCC1C(=O)O)c1ccco1. The molecular formula is C11H11NO5. The van der Waals surface area contributed by atoms with Gasteiger partial charge in [0.05, 0.1) is 6.26 Å². The van der Waals surface area contributed by atoms with Crippen molar-refractivity contribution in [3.8, 4) is 0 Å². The highest BCUT2D eigenvalue weighted by Gasteiger charge is 2.37. The predicted octanol–water partition coefficient (Wildman–Crippen LogP) is 0.538. The van der Waals surface area contributed by atoms with Gasteiger partial charge in [-0.15, -0.1) is 0 Å². The maximum Gasteiger partial charge on any atom is 0.326 e. The molecule has 6 nitrogen and oxygen atoms in total. The van der Waals surface area contributed by atoms with E-state index in [1.807, 2.05) is 0 Å². The molecule has 1 N–H and O–H groups in total. The number of ketones is 1. The van der Waals surface area contributed by atoms with Gasteiger partial charge in [0.2, 0.25) is 0 Å². The first kappa shape index (κ1) is 11.4. The third kappa shape index (κ3) is 2.06. The second-order valence-corrected chi connectivity index (χ2v) is 3.80. The molecule has 0 aliphatic carbocycles. The molecule has 1 aliphatic rings. The molecule has 0 saturated carbocycles. The van der Waals surface area contributed by atoms with Crippen LogP contribution in [0.3, 0.4) is 0 Å². The van der Waals surface area contributed by atoms with E-state index in [9.17, 15) is 14.4 Å². The molecule has 1 aromatic heterocycles. The fourth-order valence-electron chi connectivity index (χ4n) is 1.91. The maximum atomic E-state index is 11.8. The third-order valence-electron chi connectivity index (χ3n) is 2.74. The van der Waals surface area contributed by atoms with Gasteiger partial charge in [-0.3, -0.25) is 9.59 Å². The number of carboxylic acid groups (broad SMARTS) is 1. The Kier molecular flexibility index (Phi) is 2.95. The fraction of sp³-hybridized carbons (Fsp3) is 0.364. The summed E-state index contributed by atoms with van der Waals surface area (Å²) in [6, 6.07) is 1.98. The number of rotatable bonds is 3. The molecule has 1 amide bonds. The van der Waals surface area contributed by atoms with Gasteiger partial charge < -0.3 is 14.4 Å². The summed E-state index contributed by atoms with van der Waals surface area (Å²) in [7, 11) is 0. The van der Waals surface area contributed by atoms with Crippen LogP contribution >= 0.6 is 0 Å². The van der Waals surface area contributed by atoms with E-state index in [-0.39, 0.29) is 5.76 Å². The molecule has 1 aliphatic heterocycles. The minimum Gasteiger partial charge on any atom is -0.480 e. The summed E-state index contributed by atoms with van der Waals surface area (Å²) in [6.45, 7) is 0.294. The summed E-state index contributed by atoms with van der Waals surface area (Å²) in [6.07, 6.45) is 2.26. The number of carboxylic acids is 1. The quantitative estimate of drug-likeness (QED) is 0.612. The molecule has 1 saturated heterocycles. The smallest absolute Gasteiger partial charge is 0.326 e. The van der Waals surface area contributed by atoms with Crippen LogP contribution in [0.15, 0.2) is 22.8 Å². The van der Waals surface area contributed by atoms with Crippen molar-refractivity contribution in [1.29, 1.82) is 0 Å². The lowest BCUT2D eigenvalue weighted by Crippen LogP contribution is -2.43. The van der Waals surface area contributed by atoms with Gasteiger partial charge in [0.15, 0.2) is 5.76 Å². The third-order valence-corrected chi connectivity index (χ3v) is 2.74. The molecule has 0 radical (unpaired) electrons. The van der Waals surface area contributed by atoms with Crippen LogP contribution in [0.1, 0.15) is 23.4 Å². The van der Waals surface area contributed by atoms with Crippen molar-refractivity contribution in [2.24, 2.45) is 0 Å². The van der Waals surface area contributed by atoms with Crippen molar-refractivity contribution in [2.75, 3.05) is 6.54 Å². The van der Waals surface area contributed by atoms with Crippen molar-refractivity contribution >= 4 is 17.7 Å². The molecule has 6 heteroatoms. The average Bonchev–Trinajstić information content (AvgIpc) is 2.97. The van der Waals surface area contributed by atoms with E-state index in [0.717, 1.165) is 4.90 Å². The zero-order chi connectivity index (χ0) is 12.4. The Balaban J connectivity index is 2.15. The first-order valence-electron chi connectivity index (χ1n) is 5.23. The van der Waals surface area contributed by atoms with Gasteiger partial charge in [0, 0.05) is 6.54 Å². The summed E-state index contributed by atoms with van der Waals surface area (Å²) in [5.74, 6) is -2.76. The van der Waals surface area contributed by atoms with E-state index in [0.29, 0.717) is 19.4 Å². The molecule has 2 rings (SSSR count). The number of hydrogen-bond acceptors (Lipinski definition) is 4. The van der Waals surface area contributed by atoms with Gasteiger partial charge in [-0.2, -0.15) is 0 Å². The van der Waals surface area contributed by atoms with Gasteiger partial charge in [-0.1, -0.05) is 0 Å². The first-order chi connectivity index (χ1) is 8.11. The molecule has 90 valence electrons. The number of nitrogens with zero attached hydrogens (tertiary/aromatic N) is 1. The average molecular weight is 237 g/mol. The van der Waals surface area contributed by atoms with Gasteiger partial charge in [-0.25, -0.2) is 4.79 Å². The van der Waals surface area contributed by atoms with Crippen molar-refractivity contribution in [1.82, 2.24) is 4.90 Å². The minimum absolute atomic E-state index is 0.0639. The van der Waals surface area contributed by atoms with Crippen molar-refractivity contribution < 1.29 is 23.9 Å². The lowest BCUT2D eigenvalue weighted by atomic mass is 10.2. The standard InChI is InChI=1S/C11H11NO5/c13-9(8-4-2-6-17-8)10(14)12-5-1-3-7(12)11(15)16/h2,4,6-7H,1,3,5H2,(H,15,16). The second kappa shape index (κ2) is 4.40. The zero-order valence-corrected chi connectivity index (χ0v) is 8.96. The number of aliphatic carboxylic acids is 1. The topological polar surface area (TPSA) is 87.8 Å². The lowest BCUT2D eigenvalue weighted by Gasteiger charge is -2.19. The zero-order valence-electron chi connectivity index (χ0n) is 8.96. The Morgan fingerprint density at radius 1 is 1.41 bits per heavy atom. The Morgan fingerprint density at radius 3 is 2.76 bits per heavy atom. The number of carbonyl (C=O) groups is 3. The molecule has 1 fully saturated rings. The second-order valence-electron chi connectivity index (χ2n) is 3.80. The van der Waals surface area contributed by atoms with Crippen LogP contribution in [0.5, 0.6) is 0 Å². The minimum atomic E-state index is -1.08. The van der Waals surface area contributed by atoms with E-state index in [1.165, 1.54) is 18.4 Å². The monoisotopic (exact) mass is 237 g/mol. The predicted molar refractivity (Wildman–Crippen MR) is 55.4 cm³/mol. The normalized spacial score (nSPS) is 19.3. The van der Waals surface area contributed by atoms with Gasteiger partial charge in [0.1, 0.15) is 6.04 Å². The highest BCUT2D eigenvalue weighted by molar-refractivity contribution is 6.42. The van der Waals surface area contributed by atoms with Crippen LogP contribution in [0.2, 0.25) is 0 Å². The number of likely N-dealkylation sites (tertiary alicyclic amines) is 1. The molecule has 17 heavy (non-hydrogen) atoms. The number of furan rings is 1. The highest BCUT2D eigenvalue weighted by atomic mass is 16.4. The molecular weight excluding hydrogens is 226 g/mol. The molecule has 1 unspecified atom stereocenters. The summed E-state index contributed by atoms with van der Waals surface area (Å²) < 4.78 is 4.83. The van der Waals surface area contributed by atoms with E-state index >= 15 is 0 Å². The first-order valence-corrected chi connectivity index (χ1v) is 5.23. The molecule has 2 heterocycles. The van der Waals surface area contributed by atoms with Gasteiger partial charge >= 0.3 is 5.97 Å². The van der Waals surface area contributed by atoms with Gasteiger partial charge in [0.25, 0.3) is 11.7 Å². The van der Waals surface area contributed by atoms with Crippen molar-refractivity contribution in [3.05, 3.63) is 24.2 Å². The lowest BCUT2D eigenvalue weighted by molar-refractivity contribution is -0.146. The van der Waals surface area contributed by atoms with Crippen LogP contribution in [0.4, 0.5) is 0 Å². The molecule has 0 bridgehead atoms.